The average molecular weight is 198 g/mol. The summed E-state index contributed by atoms with van der Waals surface area (Å²) in [7, 11) is 1.29. The van der Waals surface area contributed by atoms with Crippen molar-refractivity contribution >= 4 is 8.58 Å². The van der Waals surface area contributed by atoms with Gasteiger partial charge in [0.05, 0.1) is 0 Å². The zero-order valence-corrected chi connectivity index (χ0v) is 10.1. The van der Waals surface area contributed by atoms with E-state index in [1.807, 2.05) is 0 Å². The van der Waals surface area contributed by atoms with Crippen molar-refractivity contribution in [1.82, 2.24) is 0 Å². The monoisotopic (exact) mass is 198 g/mol. The molecule has 1 aliphatic carbocycles. The van der Waals surface area contributed by atoms with E-state index in [1.165, 1.54) is 27.8 Å². The van der Waals surface area contributed by atoms with E-state index in [0.29, 0.717) is 0 Å². The van der Waals surface area contributed by atoms with Crippen LogP contribution in [-0.4, -0.2) is 11.8 Å². The Kier molecular flexibility index (Phi) is 3.30. The van der Waals surface area contributed by atoms with Crippen LogP contribution >= 0.6 is 8.58 Å². The van der Waals surface area contributed by atoms with Gasteiger partial charge < -0.3 is 0 Å². The summed E-state index contributed by atoms with van der Waals surface area (Å²) in [6, 6.07) is 0. The van der Waals surface area contributed by atoms with Gasteiger partial charge in [0.25, 0.3) is 0 Å². The van der Waals surface area contributed by atoms with Crippen molar-refractivity contribution < 1.29 is 0 Å². The standard InChI is InChI=1S/C12H23P/c1-9-3-4-12-10(2)8-11(7-9)5-6-13-12/h9-13H,3-8H2,1-2H3. The number of rotatable bonds is 0. The molecule has 1 saturated heterocycles. The lowest BCUT2D eigenvalue weighted by atomic mass is 9.80. The summed E-state index contributed by atoms with van der Waals surface area (Å²) in [5.41, 5.74) is 1.10. The Balaban J connectivity index is 2.06. The normalized spacial score (nSPS) is 48.5. The minimum Gasteiger partial charge on any atom is -0.119 e. The molecule has 0 aromatic heterocycles. The highest BCUT2D eigenvalue weighted by atomic mass is 31.1. The van der Waals surface area contributed by atoms with Gasteiger partial charge in [0, 0.05) is 0 Å². The van der Waals surface area contributed by atoms with Crippen LogP contribution in [0.4, 0.5) is 0 Å². The Hall–Kier alpha value is 0.430. The predicted octanol–water partition coefficient (Wildman–Crippen LogP) is 3.90. The van der Waals surface area contributed by atoms with Gasteiger partial charge in [0.15, 0.2) is 0 Å². The molecule has 5 atom stereocenters. The third-order valence-corrected chi connectivity index (χ3v) is 6.02. The quantitative estimate of drug-likeness (QED) is 0.518. The molecule has 2 rings (SSSR count). The summed E-state index contributed by atoms with van der Waals surface area (Å²) in [4.78, 5) is 0. The third kappa shape index (κ3) is 2.46. The Bertz CT molecular complexity index is 167. The van der Waals surface area contributed by atoms with Gasteiger partial charge in [-0.1, -0.05) is 20.3 Å². The highest BCUT2D eigenvalue weighted by Crippen LogP contribution is 2.43. The van der Waals surface area contributed by atoms with Gasteiger partial charge >= 0.3 is 0 Å². The number of hydrogen-bond acceptors (Lipinski definition) is 0. The fraction of sp³-hybridized carbons (Fsp3) is 1.00. The molecule has 2 bridgehead atoms. The third-order valence-electron chi connectivity index (χ3n) is 4.06. The van der Waals surface area contributed by atoms with E-state index in [1.54, 1.807) is 19.0 Å². The van der Waals surface area contributed by atoms with Crippen molar-refractivity contribution in [2.24, 2.45) is 17.8 Å². The van der Waals surface area contributed by atoms with E-state index in [-0.39, 0.29) is 0 Å². The second-order valence-corrected chi connectivity index (χ2v) is 7.00. The molecule has 0 amide bonds. The summed E-state index contributed by atoms with van der Waals surface area (Å²) in [5.74, 6) is 3.14. The van der Waals surface area contributed by atoms with Crippen LogP contribution < -0.4 is 0 Å². The van der Waals surface area contributed by atoms with Gasteiger partial charge in [-0.15, -0.1) is 8.58 Å². The van der Waals surface area contributed by atoms with E-state index in [0.717, 1.165) is 23.4 Å². The molecule has 1 heterocycles. The van der Waals surface area contributed by atoms with Gasteiger partial charge in [0.1, 0.15) is 0 Å². The maximum absolute atomic E-state index is 2.51. The van der Waals surface area contributed by atoms with Crippen molar-refractivity contribution in [3.63, 3.8) is 0 Å². The fourth-order valence-corrected chi connectivity index (χ4v) is 5.09. The Labute approximate surface area is 84.7 Å². The van der Waals surface area contributed by atoms with Gasteiger partial charge in [-0.2, -0.15) is 0 Å². The van der Waals surface area contributed by atoms with Crippen molar-refractivity contribution in [2.45, 2.75) is 51.6 Å². The summed E-state index contributed by atoms with van der Waals surface area (Å²) in [6.45, 7) is 4.97. The van der Waals surface area contributed by atoms with E-state index >= 15 is 0 Å². The molecular weight excluding hydrogens is 175 g/mol. The van der Waals surface area contributed by atoms with Crippen LogP contribution in [0.3, 0.4) is 0 Å². The van der Waals surface area contributed by atoms with Crippen molar-refractivity contribution in [2.75, 3.05) is 6.16 Å². The van der Waals surface area contributed by atoms with Crippen LogP contribution in [0, 0.1) is 17.8 Å². The van der Waals surface area contributed by atoms with Crippen molar-refractivity contribution in [3.8, 4) is 0 Å². The average Bonchev–Trinajstić information content (AvgIpc) is 2.16. The van der Waals surface area contributed by atoms with Crippen LogP contribution in [0.5, 0.6) is 0 Å². The van der Waals surface area contributed by atoms with Crippen molar-refractivity contribution in [1.29, 1.82) is 0 Å². The summed E-state index contributed by atoms with van der Waals surface area (Å²) >= 11 is 0. The molecule has 2 aliphatic rings. The minimum atomic E-state index is 1.02. The Morgan fingerprint density at radius 2 is 1.85 bits per heavy atom. The molecule has 1 heteroatoms. The van der Waals surface area contributed by atoms with Crippen LogP contribution in [0.1, 0.15) is 46.0 Å². The topological polar surface area (TPSA) is 0 Å². The second-order valence-electron chi connectivity index (χ2n) is 5.35. The molecule has 5 unspecified atom stereocenters. The molecule has 0 nitrogen and oxygen atoms in total. The SMILES string of the molecule is CC1CCC2PCCC(C1)CC2C. The van der Waals surface area contributed by atoms with E-state index < -0.39 is 0 Å². The number of fused-ring (bicyclic) bond motifs is 3. The Morgan fingerprint density at radius 1 is 1.00 bits per heavy atom. The highest BCUT2D eigenvalue weighted by molar-refractivity contribution is 7.38. The molecule has 0 aromatic rings. The van der Waals surface area contributed by atoms with Crippen LogP contribution in [-0.2, 0) is 0 Å². The second kappa shape index (κ2) is 4.30. The van der Waals surface area contributed by atoms with Gasteiger partial charge in [0.2, 0.25) is 0 Å². The smallest absolute Gasteiger partial charge is 0.0211 e. The number of hydrogen-bond donors (Lipinski definition) is 0. The van der Waals surface area contributed by atoms with E-state index in [9.17, 15) is 0 Å². The molecule has 1 saturated carbocycles. The van der Waals surface area contributed by atoms with Crippen LogP contribution in [0.25, 0.3) is 0 Å². The molecule has 76 valence electrons. The van der Waals surface area contributed by atoms with E-state index in [2.05, 4.69) is 13.8 Å². The van der Waals surface area contributed by atoms with Crippen LogP contribution in [0.2, 0.25) is 0 Å². The summed E-state index contributed by atoms with van der Waals surface area (Å²) < 4.78 is 0. The van der Waals surface area contributed by atoms with E-state index in [4.69, 9.17) is 0 Å². The maximum atomic E-state index is 2.51. The lowest BCUT2D eigenvalue weighted by Crippen LogP contribution is -2.20. The van der Waals surface area contributed by atoms with Crippen LogP contribution in [0.15, 0.2) is 0 Å². The van der Waals surface area contributed by atoms with Gasteiger partial charge in [-0.05, 0) is 55.3 Å². The Morgan fingerprint density at radius 3 is 2.69 bits per heavy atom. The molecular formula is C12H23P. The lowest BCUT2D eigenvalue weighted by Gasteiger charge is -2.29. The highest BCUT2D eigenvalue weighted by Gasteiger charge is 2.28. The molecule has 0 spiro atoms. The zero-order chi connectivity index (χ0) is 9.26. The molecule has 0 aromatic carbocycles. The first-order chi connectivity index (χ1) is 6.25. The largest absolute Gasteiger partial charge is 0.119 e. The minimum absolute atomic E-state index is 1.02. The van der Waals surface area contributed by atoms with Gasteiger partial charge in [-0.3, -0.25) is 0 Å². The lowest BCUT2D eigenvalue weighted by molar-refractivity contribution is 0.273. The maximum Gasteiger partial charge on any atom is -0.0211 e. The van der Waals surface area contributed by atoms with Gasteiger partial charge in [-0.25, -0.2) is 0 Å². The summed E-state index contributed by atoms with van der Waals surface area (Å²) in [5, 5.41) is 0. The molecule has 13 heavy (non-hydrogen) atoms. The molecule has 0 N–H and O–H groups in total. The zero-order valence-electron chi connectivity index (χ0n) is 9.05. The first-order valence-electron chi connectivity index (χ1n) is 5.99. The van der Waals surface area contributed by atoms with Crippen molar-refractivity contribution in [3.05, 3.63) is 0 Å². The molecule has 1 aliphatic heterocycles. The molecule has 2 fully saturated rings. The summed E-state index contributed by atoms with van der Waals surface area (Å²) in [6.07, 6.45) is 9.21. The molecule has 0 radical (unpaired) electrons. The predicted molar refractivity (Wildman–Crippen MR) is 61.9 cm³/mol. The first kappa shape index (κ1) is 9.97. The fourth-order valence-electron chi connectivity index (χ4n) is 3.23. The first-order valence-corrected chi connectivity index (χ1v) is 7.27.